The molecule has 5 aromatic heterocycles. The van der Waals surface area contributed by atoms with Gasteiger partial charge in [0.25, 0.3) is 0 Å². The van der Waals surface area contributed by atoms with Gasteiger partial charge in [0.05, 0.1) is 40.5 Å². The van der Waals surface area contributed by atoms with Crippen molar-refractivity contribution in [3.05, 3.63) is 67.0 Å². The van der Waals surface area contributed by atoms with Crippen LogP contribution in [-0.2, 0) is 0 Å². The molecule has 0 aliphatic carbocycles. The van der Waals surface area contributed by atoms with Crippen LogP contribution in [0.3, 0.4) is 0 Å². The van der Waals surface area contributed by atoms with Crippen LogP contribution in [0.25, 0.3) is 56.0 Å². The number of halogens is 1. The molecule has 1 aromatic carbocycles. The van der Waals surface area contributed by atoms with Gasteiger partial charge in [-0.3, -0.25) is 20.1 Å². The van der Waals surface area contributed by atoms with Crippen LogP contribution < -0.4 is 4.90 Å². The highest BCUT2D eigenvalue weighted by atomic mass is 19.1. The summed E-state index contributed by atoms with van der Waals surface area (Å²) in [6, 6.07) is 9.57. The summed E-state index contributed by atoms with van der Waals surface area (Å²) in [5.74, 6) is -0.208. The van der Waals surface area contributed by atoms with Crippen molar-refractivity contribution >= 4 is 27.6 Å². The number of aromatic nitrogens is 7. The Balaban J connectivity index is 1.48. The first-order valence-electron chi connectivity index (χ1n) is 10.8. The van der Waals surface area contributed by atoms with Crippen molar-refractivity contribution in [2.75, 3.05) is 19.0 Å². The standard InChI is InChI=1S/C25H19FN8O/c1-34(2)16-6-14(10-27-11-16)20-9-18-21(12-29-20)32-33-23(18)25-30-19-3-4-28-22(24(19)31-25)13-5-15(26)8-17(35)7-13/h3-12,35H,1-2H3,(H,30,31)(H,32,33). The van der Waals surface area contributed by atoms with Gasteiger partial charge in [-0.2, -0.15) is 5.10 Å². The average molecular weight is 466 g/mol. The molecule has 0 saturated carbocycles. The Labute approximate surface area is 198 Å². The largest absolute Gasteiger partial charge is 0.508 e. The maximum absolute atomic E-state index is 13.9. The number of phenolic OH excluding ortho intramolecular Hbond substituents is 1. The number of pyridine rings is 3. The summed E-state index contributed by atoms with van der Waals surface area (Å²) < 4.78 is 13.9. The minimum absolute atomic E-state index is 0.180. The summed E-state index contributed by atoms with van der Waals surface area (Å²) in [7, 11) is 3.92. The molecule has 5 heterocycles. The number of hydrogen-bond acceptors (Lipinski definition) is 7. The van der Waals surface area contributed by atoms with E-state index in [-0.39, 0.29) is 5.75 Å². The number of rotatable bonds is 4. The van der Waals surface area contributed by atoms with Crippen LogP contribution in [0.1, 0.15) is 0 Å². The van der Waals surface area contributed by atoms with Crippen LogP contribution in [0.2, 0.25) is 0 Å². The van der Waals surface area contributed by atoms with Crippen molar-refractivity contribution in [2.45, 2.75) is 0 Å². The summed E-state index contributed by atoms with van der Waals surface area (Å²) in [4.78, 5) is 23.3. The minimum atomic E-state index is -0.555. The molecule has 0 bridgehead atoms. The van der Waals surface area contributed by atoms with Gasteiger partial charge in [0.1, 0.15) is 22.8 Å². The third kappa shape index (κ3) is 3.61. The zero-order valence-corrected chi connectivity index (χ0v) is 18.8. The van der Waals surface area contributed by atoms with Gasteiger partial charge >= 0.3 is 0 Å². The molecule has 0 radical (unpaired) electrons. The van der Waals surface area contributed by atoms with Gasteiger partial charge in [0.15, 0.2) is 5.82 Å². The van der Waals surface area contributed by atoms with E-state index in [0.29, 0.717) is 33.8 Å². The van der Waals surface area contributed by atoms with Crippen LogP contribution in [0.4, 0.5) is 10.1 Å². The normalized spacial score (nSPS) is 11.4. The van der Waals surface area contributed by atoms with E-state index in [0.717, 1.165) is 33.9 Å². The lowest BCUT2D eigenvalue weighted by Gasteiger charge is -2.12. The Bertz CT molecular complexity index is 1700. The molecule has 6 aromatic rings. The Morgan fingerprint density at radius 3 is 2.63 bits per heavy atom. The predicted octanol–water partition coefficient (Wildman–Crippen LogP) is 4.54. The monoisotopic (exact) mass is 466 g/mol. The van der Waals surface area contributed by atoms with Gasteiger partial charge in [-0.1, -0.05) is 0 Å². The number of benzene rings is 1. The zero-order chi connectivity index (χ0) is 24.1. The van der Waals surface area contributed by atoms with Gasteiger partial charge in [-0.05, 0) is 30.3 Å². The molecule has 0 aliphatic heterocycles. The number of aromatic hydroxyl groups is 1. The summed E-state index contributed by atoms with van der Waals surface area (Å²) in [6.07, 6.45) is 6.91. The molecule has 0 saturated heterocycles. The van der Waals surface area contributed by atoms with Gasteiger partial charge < -0.3 is 15.0 Å². The summed E-state index contributed by atoms with van der Waals surface area (Å²) in [5.41, 5.74) is 6.11. The molecule has 6 rings (SSSR count). The van der Waals surface area contributed by atoms with Crippen molar-refractivity contribution < 1.29 is 9.50 Å². The number of hydrogen-bond donors (Lipinski definition) is 3. The summed E-state index contributed by atoms with van der Waals surface area (Å²) in [6.45, 7) is 0. The first-order valence-corrected chi connectivity index (χ1v) is 10.8. The number of aromatic amines is 2. The first kappa shape index (κ1) is 20.7. The Kier molecular flexibility index (Phi) is 4.66. The van der Waals surface area contributed by atoms with E-state index in [4.69, 9.17) is 4.98 Å². The second-order valence-corrected chi connectivity index (χ2v) is 8.35. The van der Waals surface area contributed by atoms with E-state index in [1.807, 2.05) is 31.1 Å². The first-order chi connectivity index (χ1) is 17.0. The average Bonchev–Trinajstić information content (AvgIpc) is 3.47. The third-order valence-corrected chi connectivity index (χ3v) is 5.76. The second-order valence-electron chi connectivity index (χ2n) is 8.35. The van der Waals surface area contributed by atoms with Crippen molar-refractivity contribution in [3.63, 3.8) is 0 Å². The van der Waals surface area contributed by atoms with Gasteiger partial charge in [0, 0.05) is 49.1 Å². The van der Waals surface area contributed by atoms with Crippen molar-refractivity contribution in [3.8, 4) is 39.8 Å². The minimum Gasteiger partial charge on any atom is -0.508 e. The molecule has 0 unspecified atom stereocenters. The molecule has 3 N–H and O–H groups in total. The molecular weight excluding hydrogens is 447 g/mol. The maximum Gasteiger partial charge on any atom is 0.159 e. The lowest BCUT2D eigenvalue weighted by molar-refractivity contribution is 0.469. The Hall–Kier alpha value is -4.86. The molecule has 35 heavy (non-hydrogen) atoms. The zero-order valence-electron chi connectivity index (χ0n) is 18.8. The molecule has 0 fully saturated rings. The number of nitrogens with one attached hydrogen (secondary N) is 2. The molecule has 172 valence electrons. The molecule has 0 amide bonds. The number of fused-ring (bicyclic) bond motifs is 2. The quantitative estimate of drug-likeness (QED) is 0.349. The highest BCUT2D eigenvalue weighted by Gasteiger charge is 2.17. The fourth-order valence-electron chi connectivity index (χ4n) is 4.04. The van der Waals surface area contributed by atoms with Crippen LogP contribution in [0.15, 0.2) is 61.2 Å². The third-order valence-electron chi connectivity index (χ3n) is 5.76. The van der Waals surface area contributed by atoms with E-state index < -0.39 is 5.82 Å². The highest BCUT2D eigenvalue weighted by Crippen LogP contribution is 2.33. The summed E-state index contributed by atoms with van der Waals surface area (Å²) >= 11 is 0. The Morgan fingerprint density at radius 2 is 1.80 bits per heavy atom. The lowest BCUT2D eigenvalue weighted by Crippen LogP contribution is -2.08. The predicted molar refractivity (Wildman–Crippen MR) is 131 cm³/mol. The van der Waals surface area contributed by atoms with E-state index in [1.54, 1.807) is 30.9 Å². The molecular formula is C25H19FN8O. The number of imidazole rings is 1. The lowest BCUT2D eigenvalue weighted by atomic mass is 10.1. The van der Waals surface area contributed by atoms with Gasteiger partial charge in [-0.25, -0.2) is 9.37 Å². The molecule has 10 heteroatoms. The smallest absolute Gasteiger partial charge is 0.159 e. The number of nitrogens with zero attached hydrogens (tertiary/aromatic N) is 6. The van der Waals surface area contributed by atoms with Crippen molar-refractivity contribution in [2.24, 2.45) is 0 Å². The molecule has 9 nitrogen and oxygen atoms in total. The highest BCUT2D eigenvalue weighted by molar-refractivity contribution is 5.97. The van der Waals surface area contributed by atoms with E-state index >= 15 is 0 Å². The summed E-state index contributed by atoms with van der Waals surface area (Å²) in [5, 5.41) is 18.2. The molecule has 0 aliphatic rings. The second kappa shape index (κ2) is 7.87. The molecule has 0 spiro atoms. The number of phenols is 1. The number of H-pyrrole nitrogens is 2. The fourth-order valence-corrected chi connectivity index (χ4v) is 4.04. The topological polar surface area (TPSA) is 120 Å². The van der Waals surface area contributed by atoms with Crippen molar-refractivity contribution in [1.82, 2.24) is 35.1 Å². The van der Waals surface area contributed by atoms with Crippen LogP contribution in [-0.4, -0.2) is 54.3 Å². The van der Waals surface area contributed by atoms with Crippen LogP contribution in [0.5, 0.6) is 5.75 Å². The van der Waals surface area contributed by atoms with Crippen molar-refractivity contribution in [1.29, 1.82) is 0 Å². The van der Waals surface area contributed by atoms with Crippen LogP contribution in [0, 0.1) is 5.82 Å². The fraction of sp³-hybridized carbons (Fsp3) is 0.0800. The van der Waals surface area contributed by atoms with E-state index in [9.17, 15) is 9.50 Å². The van der Waals surface area contributed by atoms with Crippen LogP contribution >= 0.6 is 0 Å². The van der Waals surface area contributed by atoms with Gasteiger partial charge in [-0.15, -0.1) is 0 Å². The molecule has 0 atom stereocenters. The Morgan fingerprint density at radius 1 is 0.914 bits per heavy atom. The SMILES string of the molecule is CN(C)c1cncc(-c2cc3c(-c4nc5c(-c6cc(O)cc(F)c6)nccc5[nH]4)n[nH]c3cn2)c1. The van der Waals surface area contributed by atoms with E-state index in [1.165, 1.54) is 12.1 Å². The van der Waals surface area contributed by atoms with E-state index in [2.05, 4.69) is 30.1 Å². The maximum atomic E-state index is 13.9. The van der Waals surface area contributed by atoms with Gasteiger partial charge in [0.2, 0.25) is 0 Å². The number of anilines is 1.